The number of hydrogen-bond donors (Lipinski definition) is 3. The third-order valence-electron chi connectivity index (χ3n) is 3.62. The Labute approximate surface area is 126 Å². The van der Waals surface area contributed by atoms with E-state index in [2.05, 4.69) is 17.6 Å². The molecule has 0 aliphatic carbocycles. The maximum atomic E-state index is 12.0. The van der Waals surface area contributed by atoms with Crippen molar-refractivity contribution >= 4 is 18.3 Å². The van der Waals surface area contributed by atoms with Gasteiger partial charge >= 0.3 is 0 Å². The van der Waals surface area contributed by atoms with Crippen LogP contribution in [0.15, 0.2) is 24.3 Å². The molecule has 1 amide bonds. The third kappa shape index (κ3) is 5.02. The molecule has 1 saturated heterocycles. The zero-order chi connectivity index (χ0) is 13.7. The highest BCUT2D eigenvalue weighted by Gasteiger charge is 2.24. The van der Waals surface area contributed by atoms with Gasteiger partial charge in [0.05, 0.1) is 0 Å². The molecule has 5 heteroatoms. The predicted molar refractivity (Wildman–Crippen MR) is 82.3 cm³/mol. The fraction of sp³-hybridized carbons (Fsp3) is 0.533. The highest BCUT2D eigenvalue weighted by Crippen LogP contribution is 2.16. The summed E-state index contributed by atoms with van der Waals surface area (Å²) in [7, 11) is 0. The molecule has 20 heavy (non-hydrogen) atoms. The van der Waals surface area contributed by atoms with E-state index in [1.165, 1.54) is 0 Å². The normalized spacial score (nSPS) is 21.9. The van der Waals surface area contributed by atoms with E-state index < -0.39 is 0 Å². The van der Waals surface area contributed by atoms with Gasteiger partial charge in [-0.3, -0.25) is 4.79 Å². The first-order valence-electron chi connectivity index (χ1n) is 6.94. The molecule has 0 saturated carbocycles. The Morgan fingerprint density at radius 3 is 3.00 bits per heavy atom. The number of piperidine rings is 1. The molecule has 0 bridgehead atoms. The van der Waals surface area contributed by atoms with Crippen LogP contribution in [-0.4, -0.2) is 30.1 Å². The molecule has 3 N–H and O–H groups in total. The van der Waals surface area contributed by atoms with Crippen LogP contribution in [0.3, 0.4) is 0 Å². The van der Waals surface area contributed by atoms with E-state index in [1.54, 1.807) is 12.1 Å². The summed E-state index contributed by atoms with van der Waals surface area (Å²) in [4.78, 5) is 12.0. The first-order valence-corrected chi connectivity index (χ1v) is 6.94. The summed E-state index contributed by atoms with van der Waals surface area (Å²) in [5.41, 5.74) is 1.04. The monoisotopic (exact) mass is 298 g/mol. The van der Waals surface area contributed by atoms with Gasteiger partial charge < -0.3 is 15.7 Å². The summed E-state index contributed by atoms with van der Waals surface area (Å²) in [6, 6.07) is 7.59. The Balaban J connectivity index is 0.00000200. The molecule has 1 aliphatic rings. The van der Waals surface area contributed by atoms with Crippen molar-refractivity contribution in [2.75, 3.05) is 13.1 Å². The van der Waals surface area contributed by atoms with Crippen LogP contribution >= 0.6 is 12.4 Å². The molecule has 0 spiro atoms. The number of benzene rings is 1. The number of nitrogens with one attached hydrogen (secondary N) is 2. The van der Waals surface area contributed by atoms with Gasteiger partial charge in [-0.05, 0) is 50.4 Å². The highest BCUT2D eigenvalue weighted by molar-refractivity contribution is 5.85. The van der Waals surface area contributed by atoms with Gasteiger partial charge in [-0.1, -0.05) is 12.1 Å². The lowest BCUT2D eigenvalue weighted by molar-refractivity contribution is -0.126. The van der Waals surface area contributed by atoms with Gasteiger partial charge in [-0.25, -0.2) is 0 Å². The van der Waals surface area contributed by atoms with Gasteiger partial charge in [0, 0.05) is 18.5 Å². The molecule has 1 aromatic rings. The molecule has 0 aromatic heterocycles. The van der Waals surface area contributed by atoms with Crippen molar-refractivity contribution in [3.8, 4) is 5.75 Å². The van der Waals surface area contributed by atoms with Crippen molar-refractivity contribution in [2.45, 2.75) is 32.2 Å². The maximum Gasteiger partial charge on any atom is 0.223 e. The summed E-state index contributed by atoms with van der Waals surface area (Å²) in [5, 5.41) is 15.7. The zero-order valence-corrected chi connectivity index (χ0v) is 12.6. The van der Waals surface area contributed by atoms with E-state index in [0.29, 0.717) is 12.6 Å². The summed E-state index contributed by atoms with van der Waals surface area (Å²) in [5.74, 6) is 0.574. The summed E-state index contributed by atoms with van der Waals surface area (Å²) in [6.07, 6.45) is 2.58. The minimum atomic E-state index is 0. The van der Waals surface area contributed by atoms with Crippen LogP contribution in [0.4, 0.5) is 0 Å². The quantitative estimate of drug-likeness (QED) is 0.795. The van der Waals surface area contributed by atoms with Crippen molar-refractivity contribution < 1.29 is 9.90 Å². The van der Waals surface area contributed by atoms with Gasteiger partial charge in [0.25, 0.3) is 0 Å². The number of hydrogen-bond acceptors (Lipinski definition) is 3. The molecule has 1 fully saturated rings. The van der Waals surface area contributed by atoms with E-state index in [0.717, 1.165) is 31.4 Å². The fourth-order valence-corrected chi connectivity index (χ4v) is 2.56. The molecular formula is C15H23ClN2O2. The second-order valence-electron chi connectivity index (χ2n) is 5.29. The summed E-state index contributed by atoms with van der Waals surface area (Å²) < 4.78 is 0. The molecule has 1 aromatic carbocycles. The molecule has 112 valence electrons. The van der Waals surface area contributed by atoms with Crippen molar-refractivity contribution in [1.29, 1.82) is 0 Å². The lowest BCUT2D eigenvalue weighted by atomic mass is 9.92. The fourth-order valence-electron chi connectivity index (χ4n) is 2.56. The number of amides is 1. The topological polar surface area (TPSA) is 61.4 Å². The number of carbonyl (C=O) groups excluding carboxylic acids is 1. The van der Waals surface area contributed by atoms with Crippen molar-refractivity contribution in [2.24, 2.45) is 5.92 Å². The minimum absolute atomic E-state index is 0. The zero-order valence-electron chi connectivity index (χ0n) is 11.8. The molecular weight excluding hydrogens is 276 g/mol. The smallest absolute Gasteiger partial charge is 0.223 e. The number of phenols is 1. The first kappa shape index (κ1) is 16.8. The summed E-state index contributed by atoms with van der Waals surface area (Å²) >= 11 is 0. The van der Waals surface area contributed by atoms with Crippen molar-refractivity contribution in [1.82, 2.24) is 10.6 Å². The molecule has 1 heterocycles. The number of aromatic hydroxyl groups is 1. The SMILES string of the molecule is C[C@H]1C[C@@H](C(=O)NCCc2cccc(O)c2)CCN1.Cl. The molecule has 2 rings (SSSR count). The maximum absolute atomic E-state index is 12.0. The highest BCUT2D eigenvalue weighted by atomic mass is 35.5. The lowest BCUT2D eigenvalue weighted by Gasteiger charge is -2.27. The number of carbonyl (C=O) groups is 1. The number of halogens is 1. The molecule has 0 unspecified atom stereocenters. The van der Waals surface area contributed by atoms with Gasteiger partial charge in [-0.2, -0.15) is 0 Å². The third-order valence-corrected chi connectivity index (χ3v) is 3.62. The Bertz CT molecular complexity index is 440. The van der Waals surface area contributed by atoms with E-state index in [4.69, 9.17) is 0 Å². The molecule has 4 nitrogen and oxygen atoms in total. The Kier molecular flexibility index (Phi) is 6.82. The molecule has 0 radical (unpaired) electrons. The van der Waals surface area contributed by atoms with E-state index in [1.807, 2.05) is 12.1 Å². The average Bonchev–Trinajstić information content (AvgIpc) is 2.38. The van der Waals surface area contributed by atoms with E-state index in [-0.39, 0.29) is 30.0 Å². The Morgan fingerprint density at radius 1 is 1.50 bits per heavy atom. The van der Waals surface area contributed by atoms with Crippen LogP contribution in [0.25, 0.3) is 0 Å². The lowest BCUT2D eigenvalue weighted by Crippen LogP contribution is -2.42. The van der Waals surface area contributed by atoms with Crippen LogP contribution in [0, 0.1) is 5.92 Å². The number of phenolic OH excluding ortho intramolecular Hbond substituents is 1. The standard InChI is InChI=1S/C15H22N2O2.ClH/c1-11-9-13(6-8-16-11)15(19)17-7-5-12-3-2-4-14(18)10-12;/h2-4,10-11,13,16,18H,5-9H2,1H3,(H,17,19);1H/t11-,13-;/m0./s1. The second-order valence-corrected chi connectivity index (χ2v) is 5.29. The van der Waals surface area contributed by atoms with E-state index >= 15 is 0 Å². The van der Waals surface area contributed by atoms with E-state index in [9.17, 15) is 9.90 Å². The van der Waals surface area contributed by atoms with Crippen LogP contribution in [-0.2, 0) is 11.2 Å². The van der Waals surface area contributed by atoms with Gasteiger partial charge in [-0.15, -0.1) is 12.4 Å². The minimum Gasteiger partial charge on any atom is -0.508 e. The Hall–Kier alpha value is -1.26. The van der Waals surface area contributed by atoms with Crippen LogP contribution in [0.2, 0.25) is 0 Å². The number of rotatable bonds is 4. The average molecular weight is 299 g/mol. The summed E-state index contributed by atoms with van der Waals surface area (Å²) in [6.45, 7) is 3.67. The predicted octanol–water partition coefficient (Wildman–Crippen LogP) is 1.86. The Morgan fingerprint density at radius 2 is 2.30 bits per heavy atom. The van der Waals surface area contributed by atoms with Crippen LogP contribution < -0.4 is 10.6 Å². The first-order chi connectivity index (χ1) is 9.15. The van der Waals surface area contributed by atoms with Crippen LogP contribution in [0.5, 0.6) is 5.75 Å². The molecule has 1 aliphatic heterocycles. The van der Waals surface area contributed by atoms with Gasteiger partial charge in [0.15, 0.2) is 0 Å². The van der Waals surface area contributed by atoms with Gasteiger partial charge in [0.2, 0.25) is 5.91 Å². The van der Waals surface area contributed by atoms with Crippen molar-refractivity contribution in [3.63, 3.8) is 0 Å². The van der Waals surface area contributed by atoms with Crippen LogP contribution in [0.1, 0.15) is 25.3 Å². The van der Waals surface area contributed by atoms with Crippen molar-refractivity contribution in [3.05, 3.63) is 29.8 Å². The van der Waals surface area contributed by atoms with Gasteiger partial charge in [0.1, 0.15) is 5.75 Å². The molecule has 2 atom stereocenters. The second kappa shape index (κ2) is 8.12. The largest absolute Gasteiger partial charge is 0.508 e.